The lowest BCUT2D eigenvalue weighted by atomic mass is 10.1. The van der Waals surface area contributed by atoms with Gasteiger partial charge < -0.3 is 5.73 Å². The second-order valence-electron chi connectivity index (χ2n) is 2.69. The number of hydrogen-bond donors (Lipinski definition) is 1. The van der Waals surface area contributed by atoms with E-state index in [-0.39, 0.29) is 5.56 Å². The maximum absolute atomic E-state index is 12.2. The molecular weight excluding hydrogens is 421 g/mol. The van der Waals surface area contributed by atoms with Gasteiger partial charge in [0, 0.05) is 7.14 Å². The number of hydrogen-bond acceptors (Lipinski definition) is 1. The summed E-state index contributed by atoms with van der Waals surface area (Å²) in [6, 6.07) is 2.60. The van der Waals surface area contributed by atoms with Crippen molar-refractivity contribution >= 4 is 45.2 Å². The Morgan fingerprint density at radius 3 is 2.14 bits per heavy atom. The topological polar surface area (TPSA) is 26.0 Å². The van der Waals surface area contributed by atoms with Gasteiger partial charge in [-0.3, -0.25) is 0 Å². The van der Waals surface area contributed by atoms with Crippen LogP contribution in [0.3, 0.4) is 0 Å². The second kappa shape index (κ2) is 4.52. The first kappa shape index (κ1) is 12.5. The molecule has 0 fully saturated rings. The van der Waals surface area contributed by atoms with Crippen molar-refractivity contribution in [2.24, 2.45) is 5.73 Å². The fourth-order valence-electron chi connectivity index (χ4n) is 0.895. The Hall–Kier alpha value is 0.430. The van der Waals surface area contributed by atoms with Gasteiger partial charge >= 0.3 is 6.18 Å². The summed E-state index contributed by atoms with van der Waals surface area (Å²) in [7, 11) is 0. The molecule has 0 heterocycles. The van der Waals surface area contributed by atoms with Crippen LogP contribution in [0.1, 0.15) is 11.6 Å². The summed E-state index contributed by atoms with van der Waals surface area (Å²) in [5, 5.41) is 0. The van der Waals surface area contributed by atoms with Gasteiger partial charge in [0.1, 0.15) is 6.04 Å². The number of nitrogens with two attached hydrogens (primary N) is 1. The summed E-state index contributed by atoms with van der Waals surface area (Å²) < 4.78 is 38.4. The molecule has 0 aliphatic carbocycles. The van der Waals surface area contributed by atoms with Crippen LogP contribution in [-0.4, -0.2) is 6.18 Å². The van der Waals surface area contributed by atoms with E-state index >= 15 is 0 Å². The Morgan fingerprint density at radius 1 is 1.14 bits per heavy atom. The molecule has 1 aromatic rings. The number of halogens is 5. The third kappa shape index (κ3) is 2.96. The van der Waals surface area contributed by atoms with Crippen molar-refractivity contribution in [3.05, 3.63) is 30.9 Å². The highest BCUT2D eigenvalue weighted by Gasteiger charge is 2.37. The molecular formula is C8H6F3I2N. The van der Waals surface area contributed by atoms with E-state index in [2.05, 4.69) is 22.6 Å². The van der Waals surface area contributed by atoms with E-state index in [1.165, 1.54) is 12.1 Å². The summed E-state index contributed by atoms with van der Waals surface area (Å²) in [5.41, 5.74) is 5.16. The molecule has 1 nitrogen and oxygen atoms in total. The lowest BCUT2D eigenvalue weighted by Crippen LogP contribution is -2.28. The molecule has 1 aromatic carbocycles. The van der Waals surface area contributed by atoms with Crippen LogP contribution in [0.4, 0.5) is 13.2 Å². The van der Waals surface area contributed by atoms with Crippen LogP contribution in [0.5, 0.6) is 0 Å². The number of alkyl halides is 3. The first-order valence-electron chi connectivity index (χ1n) is 3.59. The molecule has 14 heavy (non-hydrogen) atoms. The molecule has 0 aromatic heterocycles. The Bertz CT molecular complexity index is 338. The molecule has 0 unspecified atom stereocenters. The lowest BCUT2D eigenvalue weighted by Gasteiger charge is -2.16. The van der Waals surface area contributed by atoms with Gasteiger partial charge in [-0.1, -0.05) is 6.07 Å². The predicted molar refractivity (Wildman–Crippen MR) is 64.9 cm³/mol. The molecule has 0 saturated heterocycles. The van der Waals surface area contributed by atoms with Crippen LogP contribution in [0.15, 0.2) is 18.2 Å². The molecule has 0 spiro atoms. The van der Waals surface area contributed by atoms with Crippen molar-refractivity contribution in [1.82, 2.24) is 0 Å². The van der Waals surface area contributed by atoms with Crippen molar-refractivity contribution in [3.63, 3.8) is 0 Å². The van der Waals surface area contributed by atoms with E-state index in [4.69, 9.17) is 5.73 Å². The Balaban J connectivity index is 3.03. The van der Waals surface area contributed by atoms with Crippen LogP contribution in [0, 0.1) is 7.14 Å². The second-order valence-corrected chi connectivity index (χ2v) is 5.02. The molecule has 0 radical (unpaired) electrons. The fraction of sp³-hybridized carbons (Fsp3) is 0.250. The van der Waals surface area contributed by atoms with Gasteiger partial charge in [-0.05, 0) is 62.9 Å². The highest BCUT2D eigenvalue weighted by molar-refractivity contribution is 14.1. The average molecular weight is 427 g/mol. The van der Waals surface area contributed by atoms with Crippen molar-refractivity contribution < 1.29 is 13.2 Å². The van der Waals surface area contributed by atoms with E-state index in [0.29, 0.717) is 0 Å². The Kier molecular flexibility index (Phi) is 4.03. The minimum Gasteiger partial charge on any atom is -0.316 e. The van der Waals surface area contributed by atoms with E-state index < -0.39 is 12.2 Å². The van der Waals surface area contributed by atoms with Gasteiger partial charge in [-0.25, -0.2) is 0 Å². The van der Waals surface area contributed by atoms with E-state index in [1.54, 1.807) is 6.07 Å². The number of benzene rings is 1. The zero-order valence-electron chi connectivity index (χ0n) is 6.78. The molecule has 0 amide bonds. The molecule has 1 rings (SSSR count). The summed E-state index contributed by atoms with van der Waals surface area (Å²) in [6.45, 7) is 0. The molecule has 0 saturated carbocycles. The zero-order valence-corrected chi connectivity index (χ0v) is 11.1. The average Bonchev–Trinajstić information content (AvgIpc) is 2.07. The highest BCUT2D eigenvalue weighted by Crippen LogP contribution is 2.31. The molecule has 0 bridgehead atoms. The standard InChI is InChI=1S/C8H6F3I2N/c9-8(10,11)7(14)4-1-2-5(12)6(13)3-4/h1-3,7H,14H2/t7-/m0/s1. The zero-order chi connectivity index (χ0) is 10.9. The fourth-order valence-corrected chi connectivity index (χ4v) is 1.77. The van der Waals surface area contributed by atoms with E-state index in [0.717, 1.165) is 7.14 Å². The van der Waals surface area contributed by atoms with Crippen molar-refractivity contribution in [1.29, 1.82) is 0 Å². The monoisotopic (exact) mass is 427 g/mol. The van der Waals surface area contributed by atoms with Crippen molar-refractivity contribution in [2.75, 3.05) is 0 Å². The summed E-state index contributed by atoms with van der Waals surface area (Å²) in [5.74, 6) is 0. The summed E-state index contributed by atoms with van der Waals surface area (Å²) >= 11 is 4.04. The third-order valence-electron chi connectivity index (χ3n) is 1.66. The SMILES string of the molecule is N[C@@H](c1ccc(I)c(I)c1)C(F)(F)F. The quantitative estimate of drug-likeness (QED) is 0.684. The summed E-state index contributed by atoms with van der Waals surface area (Å²) in [6.07, 6.45) is -4.38. The van der Waals surface area contributed by atoms with Gasteiger partial charge in [0.05, 0.1) is 0 Å². The van der Waals surface area contributed by atoms with Crippen LogP contribution in [-0.2, 0) is 0 Å². The smallest absolute Gasteiger partial charge is 0.316 e. The van der Waals surface area contributed by atoms with Crippen molar-refractivity contribution in [3.8, 4) is 0 Å². The van der Waals surface area contributed by atoms with Gasteiger partial charge in [0.2, 0.25) is 0 Å². The molecule has 2 N–H and O–H groups in total. The van der Waals surface area contributed by atoms with Crippen molar-refractivity contribution in [2.45, 2.75) is 12.2 Å². The molecule has 6 heteroatoms. The van der Waals surface area contributed by atoms with Crippen LogP contribution >= 0.6 is 45.2 Å². The Morgan fingerprint density at radius 2 is 1.71 bits per heavy atom. The van der Waals surface area contributed by atoms with Gasteiger partial charge in [-0.2, -0.15) is 13.2 Å². The van der Waals surface area contributed by atoms with Crippen LogP contribution in [0.2, 0.25) is 0 Å². The lowest BCUT2D eigenvalue weighted by molar-refractivity contribution is -0.149. The largest absolute Gasteiger partial charge is 0.407 e. The predicted octanol–water partition coefficient (Wildman–Crippen LogP) is 3.46. The number of rotatable bonds is 1. The molecule has 0 aliphatic rings. The van der Waals surface area contributed by atoms with Gasteiger partial charge in [-0.15, -0.1) is 0 Å². The maximum Gasteiger partial charge on any atom is 0.407 e. The van der Waals surface area contributed by atoms with Crippen LogP contribution < -0.4 is 5.73 Å². The van der Waals surface area contributed by atoms with Crippen LogP contribution in [0.25, 0.3) is 0 Å². The molecule has 0 aliphatic heterocycles. The molecule has 1 atom stereocenters. The van der Waals surface area contributed by atoms with E-state index in [1.807, 2.05) is 22.6 Å². The third-order valence-corrected chi connectivity index (χ3v) is 4.52. The van der Waals surface area contributed by atoms with Gasteiger partial charge in [0.15, 0.2) is 0 Å². The minimum absolute atomic E-state index is 0.0994. The van der Waals surface area contributed by atoms with E-state index in [9.17, 15) is 13.2 Å². The first-order valence-corrected chi connectivity index (χ1v) is 5.75. The minimum atomic E-state index is -4.38. The first-order chi connectivity index (χ1) is 6.32. The maximum atomic E-state index is 12.2. The highest BCUT2D eigenvalue weighted by atomic mass is 127. The molecule has 78 valence electrons. The van der Waals surface area contributed by atoms with Gasteiger partial charge in [0.25, 0.3) is 0 Å². The normalized spacial score (nSPS) is 14.1. The summed E-state index contributed by atoms with van der Waals surface area (Å²) in [4.78, 5) is 0. The Labute approximate surface area is 107 Å².